The van der Waals surface area contributed by atoms with Gasteiger partial charge in [-0.1, -0.05) is 0 Å². The molecule has 1 aliphatic heterocycles. The van der Waals surface area contributed by atoms with Gasteiger partial charge in [-0.2, -0.15) is 0 Å². The molecule has 2 rings (SSSR count). The van der Waals surface area contributed by atoms with Crippen LogP contribution in [0.3, 0.4) is 0 Å². The van der Waals surface area contributed by atoms with Crippen molar-refractivity contribution in [3.05, 3.63) is 28.5 Å². The number of aliphatic hydroxyl groups excluding tert-OH is 1. The van der Waals surface area contributed by atoms with Gasteiger partial charge in [0.05, 0.1) is 6.04 Å². The normalized spacial score (nSPS) is 22.5. The highest BCUT2D eigenvalue weighted by Gasteiger charge is 2.28. The predicted octanol–water partition coefficient (Wildman–Crippen LogP) is 1.16. The maximum Gasteiger partial charge on any atom is 0.220 e. The first kappa shape index (κ1) is 10.6. The molecule has 5 heteroatoms. The van der Waals surface area contributed by atoms with Crippen LogP contribution in [-0.4, -0.2) is 22.0 Å². The summed E-state index contributed by atoms with van der Waals surface area (Å²) in [6.07, 6.45) is 3.75. The van der Waals surface area contributed by atoms with E-state index < -0.39 is 6.10 Å². The zero-order valence-electron chi connectivity index (χ0n) is 7.98. The third kappa shape index (κ3) is 2.35. The number of amides is 1. The van der Waals surface area contributed by atoms with Gasteiger partial charge < -0.3 is 10.4 Å². The van der Waals surface area contributed by atoms with Crippen molar-refractivity contribution in [1.82, 2.24) is 10.3 Å². The largest absolute Gasteiger partial charge is 0.386 e. The molecule has 1 aromatic heterocycles. The van der Waals surface area contributed by atoms with Crippen LogP contribution in [-0.2, 0) is 4.79 Å². The van der Waals surface area contributed by atoms with Gasteiger partial charge in [-0.3, -0.25) is 9.78 Å². The molecule has 4 nitrogen and oxygen atoms in total. The van der Waals surface area contributed by atoms with Crippen LogP contribution in [0.15, 0.2) is 22.9 Å². The Bertz CT molecular complexity index is 383. The summed E-state index contributed by atoms with van der Waals surface area (Å²) in [5, 5.41) is 12.7. The molecule has 0 aliphatic carbocycles. The van der Waals surface area contributed by atoms with Gasteiger partial charge in [0.15, 0.2) is 0 Å². The number of aliphatic hydroxyl groups is 1. The van der Waals surface area contributed by atoms with Crippen molar-refractivity contribution in [2.24, 2.45) is 0 Å². The molecule has 2 unspecified atom stereocenters. The molecule has 1 aromatic rings. The summed E-state index contributed by atoms with van der Waals surface area (Å²) in [6.45, 7) is 0. The first-order valence-corrected chi connectivity index (χ1v) is 5.54. The summed E-state index contributed by atoms with van der Waals surface area (Å²) < 4.78 is 0.823. The zero-order chi connectivity index (χ0) is 10.8. The first-order chi connectivity index (χ1) is 7.16. The molecule has 80 valence electrons. The van der Waals surface area contributed by atoms with Crippen molar-refractivity contribution in [2.45, 2.75) is 25.0 Å². The fourth-order valence-corrected chi connectivity index (χ4v) is 2.08. The molecule has 1 saturated heterocycles. The molecule has 2 N–H and O–H groups in total. The van der Waals surface area contributed by atoms with Crippen LogP contribution in [0.1, 0.15) is 24.5 Å². The molecule has 1 fully saturated rings. The van der Waals surface area contributed by atoms with E-state index in [9.17, 15) is 9.90 Å². The molecule has 0 spiro atoms. The van der Waals surface area contributed by atoms with E-state index in [1.165, 1.54) is 0 Å². The molecule has 0 radical (unpaired) electrons. The van der Waals surface area contributed by atoms with Crippen LogP contribution in [0.5, 0.6) is 0 Å². The Morgan fingerprint density at radius 1 is 1.60 bits per heavy atom. The number of hydrogen-bond donors (Lipinski definition) is 2. The minimum absolute atomic E-state index is 0.00186. The molecule has 2 atom stereocenters. The Hall–Kier alpha value is -0.940. The highest BCUT2D eigenvalue weighted by atomic mass is 79.9. The highest BCUT2D eigenvalue weighted by Crippen LogP contribution is 2.24. The molecular weight excluding hydrogens is 260 g/mol. The number of carbonyl (C=O) groups excluding carboxylic acids is 1. The number of rotatable bonds is 2. The van der Waals surface area contributed by atoms with Crippen LogP contribution in [0.25, 0.3) is 0 Å². The summed E-state index contributed by atoms with van der Waals surface area (Å²) in [4.78, 5) is 15.0. The summed E-state index contributed by atoms with van der Waals surface area (Å²) in [6, 6.07) is 1.62. The molecule has 0 saturated carbocycles. The Morgan fingerprint density at radius 2 is 2.40 bits per heavy atom. The van der Waals surface area contributed by atoms with Crippen LogP contribution < -0.4 is 5.32 Å². The van der Waals surface area contributed by atoms with E-state index in [4.69, 9.17) is 0 Å². The van der Waals surface area contributed by atoms with Gasteiger partial charge in [0.25, 0.3) is 0 Å². The Labute approximate surface area is 95.8 Å². The van der Waals surface area contributed by atoms with Gasteiger partial charge in [-0.05, 0) is 28.4 Å². The van der Waals surface area contributed by atoms with E-state index in [0.717, 1.165) is 10.0 Å². The Balaban J connectivity index is 2.13. The lowest BCUT2D eigenvalue weighted by atomic mass is 10.0. The van der Waals surface area contributed by atoms with Gasteiger partial charge in [0.1, 0.15) is 6.10 Å². The fourth-order valence-electron chi connectivity index (χ4n) is 1.70. The molecule has 1 aliphatic rings. The maximum absolute atomic E-state index is 11.0. The van der Waals surface area contributed by atoms with Gasteiger partial charge in [0.2, 0.25) is 5.91 Å². The molecule has 15 heavy (non-hydrogen) atoms. The lowest BCUT2D eigenvalue weighted by Crippen LogP contribution is -2.31. The van der Waals surface area contributed by atoms with Gasteiger partial charge in [-0.15, -0.1) is 0 Å². The topological polar surface area (TPSA) is 62.2 Å². The van der Waals surface area contributed by atoms with E-state index in [2.05, 4.69) is 26.2 Å². The number of pyridine rings is 1. The average Bonchev–Trinajstić information content (AvgIpc) is 2.64. The third-order valence-corrected chi connectivity index (χ3v) is 2.91. The Kier molecular flexibility index (Phi) is 3.02. The zero-order valence-corrected chi connectivity index (χ0v) is 9.57. The van der Waals surface area contributed by atoms with E-state index in [1.54, 1.807) is 12.4 Å². The van der Waals surface area contributed by atoms with Crippen LogP contribution in [0.4, 0.5) is 0 Å². The molecule has 0 aromatic carbocycles. The van der Waals surface area contributed by atoms with Crippen molar-refractivity contribution in [3.63, 3.8) is 0 Å². The van der Waals surface area contributed by atoms with Crippen molar-refractivity contribution in [2.75, 3.05) is 0 Å². The standard InChI is InChI=1S/C10H11BrN2O2/c11-7-3-6(4-12-5-7)10(15)8-1-2-9(14)13-8/h3-5,8,10,15H,1-2H2,(H,13,14). The van der Waals surface area contributed by atoms with Crippen molar-refractivity contribution < 1.29 is 9.90 Å². The number of nitrogens with zero attached hydrogens (tertiary/aromatic N) is 1. The van der Waals surface area contributed by atoms with Crippen LogP contribution in [0.2, 0.25) is 0 Å². The fraction of sp³-hybridized carbons (Fsp3) is 0.400. The summed E-state index contributed by atoms with van der Waals surface area (Å²) >= 11 is 3.29. The van der Waals surface area contributed by atoms with Crippen molar-refractivity contribution >= 4 is 21.8 Å². The van der Waals surface area contributed by atoms with Gasteiger partial charge in [-0.25, -0.2) is 0 Å². The number of hydrogen-bond acceptors (Lipinski definition) is 3. The Morgan fingerprint density at radius 3 is 3.00 bits per heavy atom. The summed E-state index contributed by atoms with van der Waals surface area (Å²) in [5.41, 5.74) is 0.719. The highest BCUT2D eigenvalue weighted by molar-refractivity contribution is 9.10. The number of carbonyl (C=O) groups is 1. The number of aromatic nitrogens is 1. The smallest absolute Gasteiger partial charge is 0.220 e. The second-order valence-electron chi connectivity index (χ2n) is 3.59. The number of halogens is 1. The molecule has 1 amide bonds. The lowest BCUT2D eigenvalue weighted by molar-refractivity contribution is -0.119. The average molecular weight is 271 g/mol. The minimum Gasteiger partial charge on any atom is -0.386 e. The number of nitrogens with one attached hydrogen (secondary N) is 1. The molecule has 0 bridgehead atoms. The van der Waals surface area contributed by atoms with E-state index in [-0.39, 0.29) is 11.9 Å². The predicted molar refractivity (Wildman–Crippen MR) is 58.1 cm³/mol. The minimum atomic E-state index is -0.679. The third-order valence-electron chi connectivity index (χ3n) is 2.48. The van der Waals surface area contributed by atoms with Crippen LogP contribution in [0, 0.1) is 0 Å². The monoisotopic (exact) mass is 270 g/mol. The van der Waals surface area contributed by atoms with Crippen molar-refractivity contribution in [1.29, 1.82) is 0 Å². The maximum atomic E-state index is 11.0. The van der Waals surface area contributed by atoms with Gasteiger partial charge in [0, 0.05) is 28.9 Å². The molecular formula is C10H11BrN2O2. The van der Waals surface area contributed by atoms with Crippen molar-refractivity contribution in [3.8, 4) is 0 Å². The quantitative estimate of drug-likeness (QED) is 0.848. The van der Waals surface area contributed by atoms with E-state index >= 15 is 0 Å². The van der Waals surface area contributed by atoms with E-state index in [0.29, 0.717) is 12.8 Å². The van der Waals surface area contributed by atoms with Crippen LogP contribution >= 0.6 is 15.9 Å². The first-order valence-electron chi connectivity index (χ1n) is 4.74. The second-order valence-corrected chi connectivity index (χ2v) is 4.51. The summed E-state index contributed by atoms with van der Waals surface area (Å²) in [5.74, 6) is 0.00186. The van der Waals surface area contributed by atoms with Gasteiger partial charge >= 0.3 is 0 Å². The second kappa shape index (κ2) is 4.28. The molecule has 2 heterocycles. The lowest BCUT2D eigenvalue weighted by Gasteiger charge is -2.17. The summed E-state index contributed by atoms with van der Waals surface area (Å²) in [7, 11) is 0. The SMILES string of the molecule is O=C1CCC(C(O)c2cncc(Br)c2)N1. The van der Waals surface area contributed by atoms with E-state index in [1.807, 2.05) is 6.07 Å².